The Balaban J connectivity index is 2.55. The summed E-state index contributed by atoms with van der Waals surface area (Å²) in [4.78, 5) is 11.5. The van der Waals surface area contributed by atoms with Gasteiger partial charge in [0.2, 0.25) is 5.91 Å². The topological polar surface area (TPSA) is 29.1 Å². The lowest BCUT2D eigenvalue weighted by Gasteiger charge is -2.37. The molecule has 1 atom stereocenters. The first-order valence-electron chi connectivity index (χ1n) is 5.52. The van der Waals surface area contributed by atoms with Crippen LogP contribution in [0.1, 0.15) is 32.8 Å². The first-order valence-corrected chi connectivity index (χ1v) is 5.52. The highest BCUT2D eigenvalue weighted by Gasteiger charge is 2.50. The summed E-state index contributed by atoms with van der Waals surface area (Å²) in [6.45, 7) is 5.57. The van der Waals surface area contributed by atoms with Crippen LogP contribution in [-0.2, 0) is 10.2 Å². The molecule has 1 unspecified atom stereocenters. The molecule has 92 valence electrons. The number of hydrogen-bond donors (Lipinski definition) is 1. The van der Waals surface area contributed by atoms with Crippen LogP contribution in [0.3, 0.4) is 0 Å². The third-order valence-corrected chi connectivity index (χ3v) is 3.85. The zero-order chi connectivity index (χ0) is 12.8. The zero-order valence-electron chi connectivity index (χ0n) is 10.1. The van der Waals surface area contributed by atoms with E-state index in [2.05, 4.69) is 5.32 Å². The lowest BCUT2D eigenvalue weighted by molar-refractivity contribution is -0.119. The summed E-state index contributed by atoms with van der Waals surface area (Å²) in [5.74, 6) is -1.32. The Morgan fingerprint density at radius 3 is 2.06 bits per heavy atom. The maximum Gasteiger partial charge on any atom is 0.221 e. The summed E-state index contributed by atoms with van der Waals surface area (Å²) in [6.07, 6.45) is 0.239. The molecule has 4 heteroatoms. The van der Waals surface area contributed by atoms with Crippen LogP contribution in [0.2, 0.25) is 0 Å². The van der Waals surface area contributed by atoms with Crippen molar-refractivity contribution in [2.45, 2.75) is 38.1 Å². The van der Waals surface area contributed by atoms with Gasteiger partial charge in [0.1, 0.15) is 11.6 Å². The van der Waals surface area contributed by atoms with Crippen molar-refractivity contribution in [1.82, 2.24) is 5.32 Å². The van der Waals surface area contributed by atoms with Crippen LogP contribution in [0.15, 0.2) is 18.2 Å². The Kier molecular flexibility index (Phi) is 2.49. The Hall–Kier alpha value is -1.45. The first kappa shape index (κ1) is 12.0. The minimum absolute atomic E-state index is 0.0952. The molecule has 0 saturated carbocycles. The van der Waals surface area contributed by atoms with Gasteiger partial charge in [0.05, 0.1) is 0 Å². The largest absolute Gasteiger partial charge is 0.350 e. The Bertz CT molecular complexity index is 464. The molecule has 1 fully saturated rings. The number of benzene rings is 1. The van der Waals surface area contributed by atoms with Gasteiger partial charge < -0.3 is 5.32 Å². The molecule has 0 bridgehead atoms. The lowest BCUT2D eigenvalue weighted by atomic mass is 9.69. The number of carbonyl (C=O) groups excluding carboxylic acids is 1. The zero-order valence-corrected chi connectivity index (χ0v) is 10.1. The summed E-state index contributed by atoms with van der Waals surface area (Å²) in [5, 5.41) is 2.84. The number of halogens is 2. The molecule has 1 heterocycles. The van der Waals surface area contributed by atoms with Gasteiger partial charge in [-0.2, -0.15) is 0 Å². The molecule has 0 spiro atoms. The molecule has 2 nitrogen and oxygen atoms in total. The van der Waals surface area contributed by atoms with Crippen LogP contribution in [0.4, 0.5) is 8.78 Å². The average molecular weight is 239 g/mol. The summed E-state index contributed by atoms with van der Waals surface area (Å²) in [7, 11) is 0. The van der Waals surface area contributed by atoms with E-state index in [1.165, 1.54) is 12.1 Å². The van der Waals surface area contributed by atoms with E-state index in [0.717, 1.165) is 6.07 Å². The maximum atomic E-state index is 13.3. The first-order chi connectivity index (χ1) is 7.74. The number of amides is 1. The standard InChI is InChI=1S/C13H15F2NO/c1-12(2)13(3,7-11(17)16-12)8-4-9(14)6-10(15)5-8/h4-6H,7H2,1-3H3,(H,16,17). The third kappa shape index (κ3) is 1.81. The van der Waals surface area contributed by atoms with E-state index in [4.69, 9.17) is 0 Å². The molecule has 1 aromatic rings. The van der Waals surface area contributed by atoms with Crippen molar-refractivity contribution in [3.8, 4) is 0 Å². The Labute approximate surface area is 99.0 Å². The predicted octanol–water partition coefficient (Wildman–Crippen LogP) is 2.52. The van der Waals surface area contributed by atoms with Crippen molar-refractivity contribution in [2.24, 2.45) is 0 Å². The second-order valence-electron chi connectivity index (χ2n) is 5.34. The van der Waals surface area contributed by atoms with Gasteiger partial charge in [0.15, 0.2) is 0 Å². The maximum absolute atomic E-state index is 13.3. The van der Waals surface area contributed by atoms with E-state index in [-0.39, 0.29) is 12.3 Å². The van der Waals surface area contributed by atoms with Gasteiger partial charge in [0, 0.05) is 23.4 Å². The number of nitrogens with one attached hydrogen (secondary N) is 1. The fraction of sp³-hybridized carbons (Fsp3) is 0.462. The van der Waals surface area contributed by atoms with Crippen molar-refractivity contribution in [3.63, 3.8) is 0 Å². The fourth-order valence-corrected chi connectivity index (χ4v) is 2.41. The highest BCUT2D eigenvalue weighted by Crippen LogP contribution is 2.42. The van der Waals surface area contributed by atoms with E-state index in [0.29, 0.717) is 5.56 Å². The molecule has 1 amide bonds. The van der Waals surface area contributed by atoms with Gasteiger partial charge in [-0.25, -0.2) is 8.78 Å². The van der Waals surface area contributed by atoms with Crippen LogP contribution >= 0.6 is 0 Å². The van der Waals surface area contributed by atoms with E-state index in [1.54, 1.807) is 0 Å². The average Bonchev–Trinajstić information content (AvgIpc) is 2.34. The van der Waals surface area contributed by atoms with E-state index in [1.807, 2.05) is 20.8 Å². The fourth-order valence-electron chi connectivity index (χ4n) is 2.41. The highest BCUT2D eigenvalue weighted by molar-refractivity contribution is 5.82. The smallest absolute Gasteiger partial charge is 0.221 e. The summed E-state index contributed by atoms with van der Waals surface area (Å²) >= 11 is 0. The molecule has 1 saturated heterocycles. The molecule has 2 rings (SSSR count). The summed E-state index contributed by atoms with van der Waals surface area (Å²) in [6, 6.07) is 3.43. The molecular formula is C13H15F2NO. The van der Waals surface area contributed by atoms with Crippen LogP contribution in [-0.4, -0.2) is 11.4 Å². The van der Waals surface area contributed by atoms with Crippen molar-refractivity contribution >= 4 is 5.91 Å². The Morgan fingerprint density at radius 1 is 1.12 bits per heavy atom. The van der Waals surface area contributed by atoms with Crippen LogP contribution < -0.4 is 5.32 Å². The van der Waals surface area contributed by atoms with Crippen LogP contribution in [0.5, 0.6) is 0 Å². The molecule has 0 radical (unpaired) electrons. The van der Waals surface area contributed by atoms with Crippen molar-refractivity contribution in [3.05, 3.63) is 35.4 Å². The van der Waals surface area contributed by atoms with Crippen molar-refractivity contribution < 1.29 is 13.6 Å². The van der Waals surface area contributed by atoms with Gasteiger partial charge in [0.25, 0.3) is 0 Å². The molecular weight excluding hydrogens is 224 g/mol. The van der Waals surface area contributed by atoms with Gasteiger partial charge >= 0.3 is 0 Å². The van der Waals surface area contributed by atoms with Gasteiger partial charge in [-0.3, -0.25) is 4.79 Å². The predicted molar refractivity (Wildman–Crippen MR) is 60.5 cm³/mol. The molecule has 1 aliphatic rings. The van der Waals surface area contributed by atoms with Crippen molar-refractivity contribution in [2.75, 3.05) is 0 Å². The molecule has 1 N–H and O–H groups in total. The van der Waals surface area contributed by atoms with E-state index in [9.17, 15) is 13.6 Å². The van der Waals surface area contributed by atoms with Crippen LogP contribution in [0.25, 0.3) is 0 Å². The molecule has 0 aromatic heterocycles. The lowest BCUT2D eigenvalue weighted by Crippen LogP contribution is -2.48. The normalized spacial score (nSPS) is 27.0. The Morgan fingerprint density at radius 2 is 1.65 bits per heavy atom. The number of hydrogen-bond acceptors (Lipinski definition) is 1. The summed E-state index contributed by atoms with van der Waals surface area (Å²) < 4.78 is 26.5. The number of carbonyl (C=O) groups is 1. The quantitative estimate of drug-likeness (QED) is 0.801. The van der Waals surface area contributed by atoms with Crippen molar-refractivity contribution in [1.29, 1.82) is 0 Å². The minimum Gasteiger partial charge on any atom is -0.350 e. The minimum atomic E-state index is -0.614. The highest BCUT2D eigenvalue weighted by atomic mass is 19.1. The second-order valence-corrected chi connectivity index (χ2v) is 5.34. The summed E-state index contributed by atoms with van der Waals surface area (Å²) in [5.41, 5.74) is -0.615. The second kappa shape index (κ2) is 3.52. The van der Waals surface area contributed by atoms with Gasteiger partial charge in [-0.1, -0.05) is 6.92 Å². The van der Waals surface area contributed by atoms with Gasteiger partial charge in [-0.05, 0) is 31.5 Å². The SMILES string of the molecule is CC1(C)NC(=O)CC1(C)c1cc(F)cc(F)c1. The number of rotatable bonds is 1. The third-order valence-electron chi connectivity index (χ3n) is 3.85. The molecule has 0 aliphatic carbocycles. The van der Waals surface area contributed by atoms with E-state index >= 15 is 0 Å². The monoisotopic (exact) mass is 239 g/mol. The molecule has 1 aromatic carbocycles. The van der Waals surface area contributed by atoms with Gasteiger partial charge in [-0.15, -0.1) is 0 Å². The molecule has 1 aliphatic heterocycles. The van der Waals surface area contributed by atoms with E-state index < -0.39 is 22.6 Å². The van der Waals surface area contributed by atoms with Crippen LogP contribution in [0, 0.1) is 11.6 Å². The molecule has 17 heavy (non-hydrogen) atoms.